The lowest BCUT2D eigenvalue weighted by atomic mass is 9.91. The van der Waals surface area contributed by atoms with E-state index < -0.39 is 8.03 Å². The lowest BCUT2D eigenvalue weighted by Gasteiger charge is -2.21. The fraction of sp³-hybridized carbons (Fsp3) is 0.158. The van der Waals surface area contributed by atoms with Crippen LogP contribution in [0.2, 0.25) is 0 Å². The molecular formula is C19H18O2P-. The summed E-state index contributed by atoms with van der Waals surface area (Å²) >= 11 is 0. The van der Waals surface area contributed by atoms with Crippen LogP contribution in [0.15, 0.2) is 66.2 Å². The van der Waals surface area contributed by atoms with Crippen molar-refractivity contribution in [2.24, 2.45) is 0 Å². The molecule has 0 fully saturated rings. The molecule has 0 radical (unpaired) electrons. The minimum absolute atomic E-state index is 0.636. The number of benzene rings is 2. The molecule has 2 aromatic carbocycles. The summed E-state index contributed by atoms with van der Waals surface area (Å²) in [6.07, 6.45) is 0.823. The Kier molecular flexibility index (Phi) is 5.83. The van der Waals surface area contributed by atoms with E-state index >= 15 is 0 Å². The molecule has 0 saturated heterocycles. The van der Waals surface area contributed by atoms with E-state index in [0.717, 1.165) is 28.7 Å². The molecular weight excluding hydrogens is 291 g/mol. The van der Waals surface area contributed by atoms with Gasteiger partial charge in [0.15, 0.2) is 0 Å². The summed E-state index contributed by atoms with van der Waals surface area (Å²) in [5.74, 6) is 2.59. The van der Waals surface area contributed by atoms with Crippen molar-refractivity contribution in [3.05, 3.63) is 83.2 Å². The zero-order valence-corrected chi connectivity index (χ0v) is 13.6. The monoisotopic (exact) mass is 309 g/mol. The zero-order valence-electron chi connectivity index (χ0n) is 12.7. The molecule has 0 N–H and O–H groups in total. The Hall–Kier alpha value is -2.02. The van der Waals surface area contributed by atoms with Crippen LogP contribution in [-0.2, 0) is 4.57 Å². The smallest absolute Gasteiger partial charge is 0.279 e. The van der Waals surface area contributed by atoms with E-state index in [4.69, 9.17) is 0 Å². The van der Waals surface area contributed by atoms with Crippen LogP contribution in [0, 0.1) is 5.82 Å². The van der Waals surface area contributed by atoms with Crippen LogP contribution in [0.25, 0.3) is 11.1 Å². The molecule has 0 amide bonds. The molecule has 3 heteroatoms. The highest BCUT2D eigenvalue weighted by Crippen LogP contribution is 2.33. The molecule has 112 valence electrons. The van der Waals surface area contributed by atoms with Gasteiger partial charge in [-0.1, -0.05) is 72.5 Å². The molecule has 0 aromatic heterocycles. The number of hydrogen-bond acceptors (Lipinski definition) is 2. The van der Waals surface area contributed by atoms with Gasteiger partial charge in [-0.3, -0.25) is 0 Å². The van der Waals surface area contributed by atoms with E-state index in [-0.39, 0.29) is 0 Å². The second-order valence-electron chi connectivity index (χ2n) is 4.93. The maximum Gasteiger partial charge on any atom is 0.279 e. The Labute approximate surface area is 132 Å². The molecule has 1 atom stereocenters. The lowest BCUT2D eigenvalue weighted by Crippen LogP contribution is -1.94. The number of allylic oxidation sites excluding steroid dienone is 3. The van der Waals surface area contributed by atoms with Gasteiger partial charge in [0.05, 0.1) is 5.82 Å². The molecule has 1 unspecified atom stereocenters. The molecule has 22 heavy (non-hydrogen) atoms. The fourth-order valence-corrected chi connectivity index (χ4v) is 3.02. The Bertz CT molecular complexity index is 701. The molecule has 2 aromatic rings. The third-order valence-electron chi connectivity index (χ3n) is 3.57. The summed E-state index contributed by atoms with van der Waals surface area (Å²) in [4.78, 5) is 11.2. The molecule has 2 rings (SSSR count). The van der Waals surface area contributed by atoms with Crippen molar-refractivity contribution in [3.8, 4) is 0 Å². The summed E-state index contributed by atoms with van der Waals surface area (Å²) in [5, 5.41) is 0. The second kappa shape index (κ2) is 7.84. The first kappa shape index (κ1) is 16.4. The summed E-state index contributed by atoms with van der Waals surface area (Å²) in [6, 6.07) is 19.6. The van der Waals surface area contributed by atoms with Gasteiger partial charge in [-0.05, 0) is 12.0 Å². The first-order valence-electron chi connectivity index (χ1n) is 7.22. The Balaban J connectivity index is 2.60. The van der Waals surface area contributed by atoms with E-state index in [1.807, 2.05) is 67.6 Å². The van der Waals surface area contributed by atoms with Crippen LogP contribution in [0.4, 0.5) is 0 Å². The van der Waals surface area contributed by atoms with Crippen molar-refractivity contribution in [3.63, 3.8) is 0 Å². The van der Waals surface area contributed by atoms with Gasteiger partial charge >= 0.3 is 0 Å². The molecule has 0 aliphatic heterocycles. The SMILES string of the molecule is CCC(=C(C)C(=[C-][P+](=O)[O-])c1ccccc1)c1ccccc1. The topological polar surface area (TPSA) is 40.1 Å². The highest BCUT2D eigenvalue weighted by molar-refractivity contribution is 7.38. The van der Waals surface area contributed by atoms with Crippen LogP contribution in [-0.4, -0.2) is 0 Å². The number of rotatable bonds is 5. The molecule has 0 bridgehead atoms. The van der Waals surface area contributed by atoms with Crippen LogP contribution >= 0.6 is 8.03 Å². The first-order valence-corrected chi connectivity index (χ1v) is 8.40. The van der Waals surface area contributed by atoms with Gasteiger partial charge in [0.2, 0.25) is 0 Å². The van der Waals surface area contributed by atoms with E-state index in [1.54, 1.807) is 0 Å². The third-order valence-corrected chi connectivity index (χ3v) is 3.98. The summed E-state index contributed by atoms with van der Waals surface area (Å²) in [6.45, 7) is 4.03. The van der Waals surface area contributed by atoms with Gasteiger partial charge in [0.25, 0.3) is 8.03 Å². The normalized spacial score (nSPS) is 13.6. The summed E-state index contributed by atoms with van der Waals surface area (Å²) in [5.41, 5.74) is 4.68. The van der Waals surface area contributed by atoms with Gasteiger partial charge in [-0.15, -0.1) is 28.8 Å². The molecule has 0 spiro atoms. The molecule has 0 heterocycles. The van der Waals surface area contributed by atoms with Gasteiger partial charge in [-0.25, -0.2) is 0 Å². The molecule has 0 aliphatic carbocycles. The first-order chi connectivity index (χ1) is 10.6. The van der Waals surface area contributed by atoms with Crippen molar-refractivity contribution < 1.29 is 9.46 Å². The fourth-order valence-electron chi connectivity index (χ4n) is 2.54. The van der Waals surface area contributed by atoms with Crippen molar-refractivity contribution in [2.75, 3.05) is 0 Å². The Morgan fingerprint density at radius 2 is 1.50 bits per heavy atom. The van der Waals surface area contributed by atoms with Crippen molar-refractivity contribution in [2.45, 2.75) is 20.3 Å². The summed E-state index contributed by atoms with van der Waals surface area (Å²) in [7, 11) is -2.72. The molecule has 2 nitrogen and oxygen atoms in total. The predicted molar refractivity (Wildman–Crippen MR) is 90.0 cm³/mol. The lowest BCUT2D eigenvalue weighted by molar-refractivity contribution is -0.161. The summed E-state index contributed by atoms with van der Waals surface area (Å²) < 4.78 is 11.2. The second-order valence-corrected chi connectivity index (χ2v) is 5.67. The van der Waals surface area contributed by atoms with Crippen molar-refractivity contribution >= 4 is 19.2 Å². The molecule has 0 aliphatic rings. The number of hydrogen-bond donors (Lipinski definition) is 0. The van der Waals surface area contributed by atoms with Crippen molar-refractivity contribution in [1.29, 1.82) is 0 Å². The van der Waals surface area contributed by atoms with Gasteiger partial charge < -0.3 is 4.89 Å². The Morgan fingerprint density at radius 1 is 1.00 bits per heavy atom. The van der Waals surface area contributed by atoms with Gasteiger partial charge in [-0.2, -0.15) is 0 Å². The van der Waals surface area contributed by atoms with Crippen LogP contribution < -0.4 is 4.89 Å². The standard InChI is InChI=1S/C19H18O2P/c1-3-18(16-10-6-4-7-11-16)15(2)19(14-22(20)21)17-12-8-5-9-13-17/h4-13H,3H2,1-2H3/q-1. The van der Waals surface area contributed by atoms with E-state index in [2.05, 4.69) is 12.7 Å². The quantitative estimate of drug-likeness (QED) is 0.451. The maximum absolute atomic E-state index is 11.2. The molecule has 0 saturated carbocycles. The van der Waals surface area contributed by atoms with Crippen LogP contribution in [0.5, 0.6) is 0 Å². The van der Waals surface area contributed by atoms with Crippen LogP contribution in [0.3, 0.4) is 0 Å². The highest BCUT2D eigenvalue weighted by Gasteiger charge is 2.05. The zero-order chi connectivity index (χ0) is 15.9. The average Bonchev–Trinajstić information content (AvgIpc) is 2.55. The van der Waals surface area contributed by atoms with E-state index in [1.165, 1.54) is 0 Å². The minimum Gasteiger partial charge on any atom is -0.602 e. The van der Waals surface area contributed by atoms with E-state index in [9.17, 15) is 9.46 Å². The highest BCUT2D eigenvalue weighted by atomic mass is 31.1. The van der Waals surface area contributed by atoms with Gasteiger partial charge in [0, 0.05) is 0 Å². The average molecular weight is 309 g/mol. The van der Waals surface area contributed by atoms with Crippen LogP contribution in [0.1, 0.15) is 31.4 Å². The maximum atomic E-state index is 11.2. The predicted octanol–water partition coefficient (Wildman–Crippen LogP) is 4.82. The van der Waals surface area contributed by atoms with Gasteiger partial charge in [0.1, 0.15) is 0 Å². The van der Waals surface area contributed by atoms with E-state index in [0.29, 0.717) is 5.57 Å². The largest absolute Gasteiger partial charge is 0.602 e. The minimum atomic E-state index is -2.72. The van der Waals surface area contributed by atoms with Crippen molar-refractivity contribution in [1.82, 2.24) is 0 Å². The third kappa shape index (κ3) is 4.00. The Morgan fingerprint density at radius 3 is 1.95 bits per heavy atom.